The van der Waals surface area contributed by atoms with Crippen molar-refractivity contribution >= 4 is 11.6 Å². The third-order valence-corrected chi connectivity index (χ3v) is 5.79. The monoisotopic (exact) mass is 327 g/mol. The van der Waals surface area contributed by atoms with Gasteiger partial charge in [0.05, 0.1) is 7.11 Å². The second-order valence-corrected chi connectivity index (χ2v) is 7.19. The highest BCUT2D eigenvalue weighted by Crippen LogP contribution is 2.54. The Morgan fingerprint density at radius 2 is 1.87 bits per heavy atom. The highest BCUT2D eigenvalue weighted by atomic mass is 35.5. The number of hydrogen-bond donors (Lipinski definition) is 0. The minimum atomic E-state index is 0.435. The molecule has 3 unspecified atom stereocenters. The zero-order valence-corrected chi connectivity index (χ0v) is 14.4. The molecule has 2 aliphatic rings. The second-order valence-electron chi connectivity index (χ2n) is 6.76. The van der Waals surface area contributed by atoms with E-state index in [1.54, 1.807) is 7.11 Å². The first-order valence-electron chi connectivity index (χ1n) is 8.32. The van der Waals surface area contributed by atoms with Crippen LogP contribution >= 0.6 is 11.6 Å². The van der Waals surface area contributed by atoms with Gasteiger partial charge in [-0.3, -0.25) is 4.90 Å². The van der Waals surface area contributed by atoms with Gasteiger partial charge in [0.2, 0.25) is 0 Å². The van der Waals surface area contributed by atoms with Crippen molar-refractivity contribution in [1.29, 1.82) is 0 Å². The molecule has 3 atom stereocenters. The van der Waals surface area contributed by atoms with Gasteiger partial charge in [0, 0.05) is 17.0 Å². The largest absolute Gasteiger partial charge is 0.497 e. The molecule has 2 nitrogen and oxygen atoms in total. The van der Waals surface area contributed by atoms with Gasteiger partial charge in [-0.1, -0.05) is 29.8 Å². The van der Waals surface area contributed by atoms with Crippen LogP contribution in [0.2, 0.25) is 5.02 Å². The fraction of sp³-hybridized carbons (Fsp3) is 0.400. The van der Waals surface area contributed by atoms with Crippen molar-refractivity contribution in [3.05, 3.63) is 64.2 Å². The van der Waals surface area contributed by atoms with Gasteiger partial charge in [-0.2, -0.15) is 0 Å². The van der Waals surface area contributed by atoms with Gasteiger partial charge in [-0.25, -0.2) is 0 Å². The summed E-state index contributed by atoms with van der Waals surface area (Å²) in [7, 11) is 4.00. The minimum Gasteiger partial charge on any atom is -0.497 e. The van der Waals surface area contributed by atoms with Crippen molar-refractivity contribution in [2.45, 2.75) is 24.8 Å². The Kier molecular flexibility index (Phi) is 3.82. The van der Waals surface area contributed by atoms with E-state index < -0.39 is 0 Å². The Hall–Kier alpha value is -1.51. The molecule has 0 radical (unpaired) electrons. The smallest absolute Gasteiger partial charge is 0.119 e. The van der Waals surface area contributed by atoms with Crippen molar-refractivity contribution in [2.24, 2.45) is 5.92 Å². The molecule has 0 amide bonds. The van der Waals surface area contributed by atoms with Gasteiger partial charge in [-0.05, 0) is 73.3 Å². The SMILES string of the molecule is COc1ccc2c(c1)C(c1ccc(Cl)cc1)C1CCCN(C)C21. The first-order chi connectivity index (χ1) is 11.2. The number of hydrogen-bond acceptors (Lipinski definition) is 2. The lowest BCUT2D eigenvalue weighted by Gasteiger charge is -2.37. The maximum atomic E-state index is 6.10. The average molecular weight is 328 g/mol. The summed E-state index contributed by atoms with van der Waals surface area (Å²) >= 11 is 6.10. The Morgan fingerprint density at radius 3 is 2.61 bits per heavy atom. The summed E-state index contributed by atoms with van der Waals surface area (Å²) in [5.74, 6) is 2.02. The minimum absolute atomic E-state index is 0.435. The molecule has 4 rings (SSSR count). The number of ether oxygens (including phenoxy) is 1. The summed E-state index contributed by atoms with van der Waals surface area (Å²) in [6.07, 6.45) is 2.55. The molecule has 2 aromatic rings. The van der Waals surface area contributed by atoms with Gasteiger partial charge in [0.25, 0.3) is 0 Å². The lowest BCUT2D eigenvalue weighted by molar-refractivity contribution is 0.127. The Balaban J connectivity index is 1.86. The molecule has 1 aliphatic carbocycles. The maximum absolute atomic E-state index is 6.10. The summed E-state index contributed by atoms with van der Waals surface area (Å²) in [5.41, 5.74) is 4.26. The van der Waals surface area contributed by atoms with Crippen LogP contribution in [0.1, 0.15) is 41.5 Å². The summed E-state index contributed by atoms with van der Waals surface area (Å²) in [4.78, 5) is 2.52. The van der Waals surface area contributed by atoms with Crippen molar-refractivity contribution in [3.63, 3.8) is 0 Å². The first kappa shape index (κ1) is 15.0. The summed E-state index contributed by atoms with van der Waals surface area (Å²) in [5, 5.41) is 0.801. The van der Waals surface area contributed by atoms with Gasteiger partial charge < -0.3 is 4.74 Å². The zero-order chi connectivity index (χ0) is 16.0. The third-order valence-electron chi connectivity index (χ3n) is 5.53. The topological polar surface area (TPSA) is 12.5 Å². The van der Waals surface area contributed by atoms with Crippen LogP contribution in [-0.2, 0) is 0 Å². The fourth-order valence-corrected chi connectivity index (χ4v) is 4.69. The van der Waals surface area contributed by atoms with E-state index in [4.69, 9.17) is 16.3 Å². The molecule has 1 fully saturated rings. The fourth-order valence-electron chi connectivity index (χ4n) is 4.56. The van der Waals surface area contributed by atoms with Crippen molar-refractivity contribution in [1.82, 2.24) is 4.90 Å². The zero-order valence-electron chi connectivity index (χ0n) is 13.6. The van der Waals surface area contributed by atoms with E-state index >= 15 is 0 Å². The predicted molar refractivity (Wildman–Crippen MR) is 94.4 cm³/mol. The molecule has 1 saturated heterocycles. The Morgan fingerprint density at radius 1 is 1.09 bits per heavy atom. The van der Waals surface area contributed by atoms with E-state index in [-0.39, 0.29) is 0 Å². The van der Waals surface area contributed by atoms with Crippen LogP contribution in [-0.4, -0.2) is 25.6 Å². The maximum Gasteiger partial charge on any atom is 0.119 e. The average Bonchev–Trinajstić information content (AvgIpc) is 2.90. The Bertz CT molecular complexity index is 712. The molecule has 0 spiro atoms. The molecule has 0 aromatic heterocycles. The molecule has 23 heavy (non-hydrogen) atoms. The highest BCUT2D eigenvalue weighted by molar-refractivity contribution is 6.30. The third kappa shape index (κ3) is 2.45. The first-order valence-corrected chi connectivity index (χ1v) is 8.70. The highest BCUT2D eigenvalue weighted by Gasteiger charge is 2.44. The van der Waals surface area contributed by atoms with Gasteiger partial charge in [0.15, 0.2) is 0 Å². The van der Waals surface area contributed by atoms with Crippen LogP contribution in [0.3, 0.4) is 0 Å². The van der Waals surface area contributed by atoms with Crippen molar-refractivity contribution in [3.8, 4) is 5.75 Å². The summed E-state index contributed by atoms with van der Waals surface area (Å²) in [6, 6.07) is 15.5. The van der Waals surface area contributed by atoms with Crippen LogP contribution in [0.4, 0.5) is 0 Å². The van der Waals surface area contributed by atoms with Crippen LogP contribution in [0.25, 0.3) is 0 Å². The number of benzene rings is 2. The van der Waals surface area contributed by atoms with Crippen LogP contribution < -0.4 is 4.74 Å². The molecule has 120 valence electrons. The number of rotatable bonds is 2. The second kappa shape index (κ2) is 5.85. The van der Waals surface area contributed by atoms with Crippen LogP contribution in [0, 0.1) is 5.92 Å². The number of likely N-dealkylation sites (tertiary alicyclic amines) is 1. The molecular formula is C20H22ClNO. The molecule has 0 saturated carbocycles. The number of nitrogens with zero attached hydrogens (tertiary/aromatic N) is 1. The number of piperidine rings is 1. The van der Waals surface area contributed by atoms with E-state index in [1.165, 1.54) is 36.1 Å². The number of methoxy groups -OCH3 is 1. The molecule has 2 aromatic carbocycles. The lowest BCUT2D eigenvalue weighted by atomic mass is 9.80. The van der Waals surface area contributed by atoms with E-state index in [1.807, 2.05) is 12.1 Å². The summed E-state index contributed by atoms with van der Waals surface area (Å²) in [6.45, 7) is 1.18. The van der Waals surface area contributed by atoms with Crippen molar-refractivity contribution < 1.29 is 4.74 Å². The van der Waals surface area contributed by atoms with E-state index in [0.717, 1.165) is 10.8 Å². The summed E-state index contributed by atoms with van der Waals surface area (Å²) < 4.78 is 5.49. The molecule has 0 N–H and O–H groups in total. The number of halogens is 1. The van der Waals surface area contributed by atoms with Crippen LogP contribution in [0.5, 0.6) is 5.75 Å². The lowest BCUT2D eigenvalue weighted by Crippen LogP contribution is -2.34. The van der Waals surface area contributed by atoms with Crippen molar-refractivity contribution in [2.75, 3.05) is 20.7 Å². The quantitative estimate of drug-likeness (QED) is 0.779. The molecule has 0 bridgehead atoms. The molecular weight excluding hydrogens is 306 g/mol. The molecule has 1 aliphatic heterocycles. The normalized spacial score (nSPS) is 26.7. The van der Waals surface area contributed by atoms with Crippen LogP contribution in [0.15, 0.2) is 42.5 Å². The van der Waals surface area contributed by atoms with Gasteiger partial charge in [-0.15, -0.1) is 0 Å². The molecule has 3 heteroatoms. The van der Waals surface area contributed by atoms with Gasteiger partial charge >= 0.3 is 0 Å². The Labute approximate surface area is 143 Å². The van der Waals surface area contributed by atoms with Gasteiger partial charge in [0.1, 0.15) is 5.75 Å². The number of fused-ring (bicyclic) bond motifs is 3. The predicted octanol–water partition coefficient (Wildman–Crippen LogP) is 4.88. The molecule has 1 heterocycles. The van der Waals surface area contributed by atoms with E-state index in [2.05, 4.69) is 42.3 Å². The van der Waals surface area contributed by atoms with E-state index in [9.17, 15) is 0 Å². The standard InChI is InChI=1S/C20H22ClNO/c1-22-11-3-4-17-19(13-5-7-14(21)8-6-13)18-12-15(23-2)9-10-16(18)20(17)22/h5-10,12,17,19-20H,3-4,11H2,1-2H3. The van der Waals surface area contributed by atoms with E-state index in [0.29, 0.717) is 17.9 Å².